The van der Waals surface area contributed by atoms with Gasteiger partial charge in [0.05, 0.1) is 12.7 Å². The van der Waals surface area contributed by atoms with Crippen LogP contribution in [0.2, 0.25) is 0 Å². The molecule has 4 nitrogen and oxygen atoms in total. The van der Waals surface area contributed by atoms with Crippen LogP contribution in [0.25, 0.3) is 0 Å². The monoisotopic (exact) mass is 326 g/mol. The van der Waals surface area contributed by atoms with Crippen LogP contribution in [0.5, 0.6) is 0 Å². The second-order valence-electron chi connectivity index (χ2n) is 6.12. The van der Waals surface area contributed by atoms with Gasteiger partial charge < -0.3 is 15.4 Å². The van der Waals surface area contributed by atoms with E-state index in [0.29, 0.717) is 6.61 Å². The molecule has 1 aromatic carbocycles. The number of aryl methyl sites for hydroxylation is 2. The lowest BCUT2D eigenvalue weighted by Gasteiger charge is -2.30. The van der Waals surface area contributed by atoms with E-state index in [1.807, 2.05) is 13.8 Å². The van der Waals surface area contributed by atoms with Gasteiger partial charge in [-0.15, -0.1) is 12.4 Å². The summed E-state index contributed by atoms with van der Waals surface area (Å²) in [6.07, 6.45) is 0.767. The molecular formula is C17H27ClN2O2. The van der Waals surface area contributed by atoms with Gasteiger partial charge in [0.1, 0.15) is 6.04 Å². The number of hydrogen-bond donors (Lipinski definition) is 2. The van der Waals surface area contributed by atoms with Gasteiger partial charge in [-0.3, -0.25) is 4.79 Å². The molecule has 1 aliphatic heterocycles. The maximum Gasteiger partial charge on any atom is 0.240 e. The van der Waals surface area contributed by atoms with Gasteiger partial charge in [-0.1, -0.05) is 29.3 Å². The van der Waals surface area contributed by atoms with Crippen LogP contribution in [0.3, 0.4) is 0 Å². The predicted molar refractivity (Wildman–Crippen MR) is 91.7 cm³/mol. The molecule has 1 fully saturated rings. The first-order valence-electron chi connectivity index (χ1n) is 7.68. The third kappa shape index (κ3) is 5.27. The molecule has 2 rings (SSSR count). The summed E-state index contributed by atoms with van der Waals surface area (Å²) in [5.74, 6) is 0.0269. The number of ether oxygens (including phenoxy) is 1. The maximum atomic E-state index is 12.3. The van der Waals surface area contributed by atoms with Crippen molar-refractivity contribution in [2.45, 2.75) is 52.3 Å². The zero-order valence-corrected chi connectivity index (χ0v) is 14.6. The van der Waals surface area contributed by atoms with Crippen molar-refractivity contribution in [3.8, 4) is 0 Å². The minimum absolute atomic E-state index is 0. The normalized spacial score (nSPS) is 22.5. The molecule has 2 N–H and O–H groups in total. The molecule has 5 heteroatoms. The third-order valence-electron chi connectivity index (χ3n) is 3.81. The quantitative estimate of drug-likeness (QED) is 0.891. The summed E-state index contributed by atoms with van der Waals surface area (Å²) in [5, 5.41) is 6.31. The Labute approximate surface area is 139 Å². The highest BCUT2D eigenvalue weighted by Gasteiger charge is 2.28. The molecule has 3 atom stereocenters. The fraction of sp³-hybridized carbons (Fsp3) is 0.588. The number of carbonyl (C=O) groups is 1. The Morgan fingerprint density at radius 3 is 2.59 bits per heavy atom. The summed E-state index contributed by atoms with van der Waals surface area (Å²) >= 11 is 0. The lowest BCUT2D eigenvalue weighted by Crippen LogP contribution is -2.56. The van der Waals surface area contributed by atoms with Crippen molar-refractivity contribution in [3.63, 3.8) is 0 Å². The van der Waals surface area contributed by atoms with Gasteiger partial charge in [-0.2, -0.15) is 0 Å². The van der Waals surface area contributed by atoms with Gasteiger partial charge >= 0.3 is 0 Å². The molecular weight excluding hydrogens is 300 g/mol. The second kappa shape index (κ2) is 8.51. The van der Waals surface area contributed by atoms with Crippen LogP contribution in [-0.4, -0.2) is 37.2 Å². The van der Waals surface area contributed by atoms with E-state index in [-0.39, 0.29) is 36.5 Å². The summed E-state index contributed by atoms with van der Waals surface area (Å²) in [7, 11) is 0. The van der Waals surface area contributed by atoms with Crippen molar-refractivity contribution in [1.29, 1.82) is 0 Å². The van der Waals surface area contributed by atoms with Crippen molar-refractivity contribution < 1.29 is 9.53 Å². The minimum Gasteiger partial charge on any atom is -0.375 e. The molecule has 0 radical (unpaired) electrons. The van der Waals surface area contributed by atoms with Crippen molar-refractivity contribution in [2.24, 2.45) is 0 Å². The highest BCUT2D eigenvalue weighted by molar-refractivity contribution is 5.85. The predicted octanol–water partition coefficient (Wildman–Crippen LogP) is 2.15. The number of hydrogen-bond acceptors (Lipinski definition) is 3. The summed E-state index contributed by atoms with van der Waals surface area (Å²) in [6.45, 7) is 9.58. The molecule has 0 aromatic heterocycles. The molecule has 1 aliphatic rings. The lowest BCUT2D eigenvalue weighted by atomic mass is 10.0. The van der Waals surface area contributed by atoms with Gasteiger partial charge in [-0.25, -0.2) is 0 Å². The van der Waals surface area contributed by atoms with E-state index in [9.17, 15) is 4.79 Å². The van der Waals surface area contributed by atoms with E-state index >= 15 is 0 Å². The summed E-state index contributed by atoms with van der Waals surface area (Å²) in [4.78, 5) is 12.3. The maximum absolute atomic E-state index is 12.3. The zero-order valence-electron chi connectivity index (χ0n) is 13.8. The summed E-state index contributed by atoms with van der Waals surface area (Å²) < 4.78 is 5.52. The molecule has 1 saturated heterocycles. The fourth-order valence-electron chi connectivity index (χ4n) is 2.95. The molecule has 1 unspecified atom stereocenters. The molecule has 0 bridgehead atoms. The number of nitrogens with one attached hydrogen (secondary N) is 2. The lowest BCUT2D eigenvalue weighted by molar-refractivity contribution is -0.129. The Balaban J connectivity index is 0.00000242. The Bertz CT molecular complexity index is 487. The van der Waals surface area contributed by atoms with Gasteiger partial charge in [0.25, 0.3) is 0 Å². The van der Waals surface area contributed by atoms with E-state index in [0.717, 1.165) is 13.0 Å². The number of morpholine rings is 1. The second-order valence-corrected chi connectivity index (χ2v) is 6.12. The number of amides is 1. The first kappa shape index (κ1) is 18.9. The summed E-state index contributed by atoms with van der Waals surface area (Å²) in [6, 6.07) is 6.38. The molecule has 1 aromatic rings. The largest absolute Gasteiger partial charge is 0.375 e. The van der Waals surface area contributed by atoms with Gasteiger partial charge in [0, 0.05) is 12.6 Å². The van der Waals surface area contributed by atoms with E-state index in [1.54, 1.807) is 0 Å². The molecule has 0 aliphatic carbocycles. The summed E-state index contributed by atoms with van der Waals surface area (Å²) in [5.41, 5.74) is 3.79. The topological polar surface area (TPSA) is 50.4 Å². The smallest absolute Gasteiger partial charge is 0.240 e. The van der Waals surface area contributed by atoms with Gasteiger partial charge in [0.2, 0.25) is 5.91 Å². The Kier molecular flexibility index (Phi) is 7.33. The number of benzene rings is 1. The van der Waals surface area contributed by atoms with E-state index < -0.39 is 0 Å². The molecule has 0 spiro atoms. The van der Waals surface area contributed by atoms with Gasteiger partial charge in [-0.05, 0) is 39.7 Å². The van der Waals surface area contributed by atoms with Crippen molar-refractivity contribution in [3.05, 3.63) is 34.9 Å². The fourth-order valence-corrected chi connectivity index (χ4v) is 2.95. The van der Waals surface area contributed by atoms with Crippen molar-refractivity contribution in [2.75, 3.05) is 13.2 Å². The number of carbonyl (C=O) groups excluding carboxylic acids is 1. The molecule has 1 heterocycles. The van der Waals surface area contributed by atoms with Crippen LogP contribution >= 0.6 is 12.4 Å². The van der Waals surface area contributed by atoms with Crippen LogP contribution in [-0.2, 0) is 16.0 Å². The van der Waals surface area contributed by atoms with E-state index in [1.165, 1.54) is 16.7 Å². The third-order valence-corrected chi connectivity index (χ3v) is 3.81. The Morgan fingerprint density at radius 1 is 1.36 bits per heavy atom. The Morgan fingerprint density at radius 2 is 2.00 bits per heavy atom. The number of rotatable bonds is 4. The first-order chi connectivity index (χ1) is 9.95. The first-order valence-corrected chi connectivity index (χ1v) is 7.68. The zero-order chi connectivity index (χ0) is 15.4. The van der Waals surface area contributed by atoms with Gasteiger partial charge in [0.15, 0.2) is 0 Å². The van der Waals surface area contributed by atoms with E-state index in [2.05, 4.69) is 42.7 Å². The van der Waals surface area contributed by atoms with E-state index in [4.69, 9.17) is 4.74 Å². The average Bonchev–Trinajstić information content (AvgIpc) is 2.37. The Hall–Kier alpha value is -1.10. The van der Waals surface area contributed by atoms with Crippen molar-refractivity contribution >= 4 is 18.3 Å². The van der Waals surface area contributed by atoms with Crippen LogP contribution in [0.4, 0.5) is 0 Å². The minimum atomic E-state index is -0.250. The van der Waals surface area contributed by atoms with Crippen LogP contribution in [0.15, 0.2) is 18.2 Å². The molecule has 0 saturated carbocycles. The van der Waals surface area contributed by atoms with Crippen molar-refractivity contribution in [1.82, 2.24) is 10.6 Å². The van der Waals surface area contributed by atoms with Crippen LogP contribution < -0.4 is 10.6 Å². The SMILES string of the molecule is Cc1cc(C)cc(CC(C)NC(=O)[C@H]2NCCO[C@@H]2C)c1.Cl. The molecule has 22 heavy (non-hydrogen) atoms. The van der Waals surface area contributed by atoms with Crippen LogP contribution in [0.1, 0.15) is 30.5 Å². The molecule has 124 valence electrons. The highest BCUT2D eigenvalue weighted by Crippen LogP contribution is 2.11. The van der Waals surface area contributed by atoms with Crippen LogP contribution in [0, 0.1) is 13.8 Å². The average molecular weight is 327 g/mol. The number of halogens is 1. The molecule has 1 amide bonds. The standard InChI is InChI=1S/C17H26N2O2.ClH/c1-11-7-12(2)9-15(8-11)10-13(3)19-17(20)16-14(4)21-6-5-18-16;/h7-9,13-14,16,18H,5-6,10H2,1-4H3,(H,19,20);1H/t13?,14-,16+;/m1./s1. The highest BCUT2D eigenvalue weighted by atomic mass is 35.5.